The zero-order valence-electron chi connectivity index (χ0n) is 11.2. The average Bonchev–Trinajstić information content (AvgIpc) is 2.29. The fourth-order valence-corrected chi connectivity index (χ4v) is 1.69. The number of unbranched alkanes of at least 4 members (excludes halogenated alkanes) is 5. The standard InChI is InChI=1S/C14H27NO/c1-4-7-8-9-10-11-12-13-14(16)15(5-2)6-3/h12-13H,4-11H2,1-3H3. The number of rotatable bonds is 9. The van der Waals surface area contributed by atoms with Gasteiger partial charge in [0, 0.05) is 13.1 Å². The summed E-state index contributed by atoms with van der Waals surface area (Å²) in [5, 5.41) is 0. The normalized spacial score (nSPS) is 10.9. The fourth-order valence-electron chi connectivity index (χ4n) is 1.69. The summed E-state index contributed by atoms with van der Waals surface area (Å²) in [4.78, 5) is 13.4. The van der Waals surface area contributed by atoms with Crippen LogP contribution in [0.25, 0.3) is 0 Å². The lowest BCUT2D eigenvalue weighted by molar-refractivity contribution is -0.125. The number of hydrogen-bond donors (Lipinski definition) is 0. The molecule has 0 unspecified atom stereocenters. The molecule has 16 heavy (non-hydrogen) atoms. The van der Waals surface area contributed by atoms with Crippen LogP contribution in [0.5, 0.6) is 0 Å². The first-order valence-corrected chi connectivity index (χ1v) is 6.71. The minimum absolute atomic E-state index is 0.151. The summed E-state index contributed by atoms with van der Waals surface area (Å²) in [7, 11) is 0. The maximum atomic E-state index is 11.6. The van der Waals surface area contributed by atoms with E-state index in [2.05, 4.69) is 6.92 Å². The van der Waals surface area contributed by atoms with Gasteiger partial charge in [0.1, 0.15) is 0 Å². The first-order chi connectivity index (χ1) is 7.76. The number of likely N-dealkylation sites (N-methyl/N-ethyl adjacent to an activating group) is 1. The maximum absolute atomic E-state index is 11.6. The molecule has 0 aliphatic heterocycles. The van der Waals surface area contributed by atoms with Crippen LogP contribution in [-0.2, 0) is 4.79 Å². The van der Waals surface area contributed by atoms with Crippen molar-refractivity contribution in [1.29, 1.82) is 0 Å². The molecule has 2 nitrogen and oxygen atoms in total. The Kier molecular flexibility index (Phi) is 10.2. The molecule has 0 bridgehead atoms. The van der Waals surface area contributed by atoms with Gasteiger partial charge in [0.15, 0.2) is 0 Å². The van der Waals surface area contributed by atoms with Crippen LogP contribution in [0.1, 0.15) is 59.3 Å². The molecule has 0 aliphatic rings. The largest absolute Gasteiger partial charge is 0.340 e. The molecule has 0 N–H and O–H groups in total. The molecule has 2 heteroatoms. The Morgan fingerprint density at radius 1 is 1.00 bits per heavy atom. The summed E-state index contributed by atoms with van der Waals surface area (Å²) < 4.78 is 0. The van der Waals surface area contributed by atoms with Crippen molar-refractivity contribution in [2.24, 2.45) is 0 Å². The minimum atomic E-state index is 0.151. The molecule has 0 aromatic rings. The summed E-state index contributed by atoms with van der Waals surface area (Å²) in [5.74, 6) is 0.151. The van der Waals surface area contributed by atoms with E-state index in [1.807, 2.05) is 24.8 Å². The fraction of sp³-hybridized carbons (Fsp3) is 0.786. The molecule has 0 spiro atoms. The van der Waals surface area contributed by atoms with Gasteiger partial charge in [-0.2, -0.15) is 0 Å². The van der Waals surface area contributed by atoms with Crippen LogP contribution < -0.4 is 0 Å². The first kappa shape index (κ1) is 15.2. The van der Waals surface area contributed by atoms with E-state index in [0.717, 1.165) is 19.5 Å². The van der Waals surface area contributed by atoms with Crippen LogP contribution >= 0.6 is 0 Å². The van der Waals surface area contributed by atoms with Gasteiger partial charge in [-0.3, -0.25) is 4.79 Å². The van der Waals surface area contributed by atoms with E-state index in [9.17, 15) is 4.79 Å². The van der Waals surface area contributed by atoms with Crippen molar-refractivity contribution in [3.63, 3.8) is 0 Å². The van der Waals surface area contributed by atoms with Gasteiger partial charge in [-0.15, -0.1) is 0 Å². The Morgan fingerprint density at radius 3 is 2.19 bits per heavy atom. The van der Waals surface area contributed by atoms with E-state index >= 15 is 0 Å². The predicted octanol–water partition coefficient (Wildman–Crippen LogP) is 3.77. The third-order valence-corrected chi connectivity index (χ3v) is 2.81. The second-order valence-corrected chi connectivity index (χ2v) is 4.12. The molecule has 0 saturated carbocycles. The number of allylic oxidation sites excluding steroid dienone is 1. The van der Waals surface area contributed by atoms with Gasteiger partial charge in [0.05, 0.1) is 0 Å². The molecule has 1 amide bonds. The summed E-state index contributed by atoms with van der Waals surface area (Å²) in [5.41, 5.74) is 0. The second kappa shape index (κ2) is 10.7. The highest BCUT2D eigenvalue weighted by atomic mass is 16.2. The minimum Gasteiger partial charge on any atom is -0.340 e. The highest BCUT2D eigenvalue weighted by molar-refractivity contribution is 5.87. The van der Waals surface area contributed by atoms with Gasteiger partial charge in [0.25, 0.3) is 0 Å². The van der Waals surface area contributed by atoms with Crippen molar-refractivity contribution in [3.8, 4) is 0 Å². The van der Waals surface area contributed by atoms with Gasteiger partial charge in [0.2, 0.25) is 5.91 Å². The SMILES string of the molecule is CCCCCCCC=CC(=O)N(CC)CC. The monoisotopic (exact) mass is 225 g/mol. The number of carbonyl (C=O) groups excluding carboxylic acids is 1. The quantitative estimate of drug-likeness (QED) is 0.432. The van der Waals surface area contributed by atoms with Crippen LogP contribution in [0.3, 0.4) is 0 Å². The van der Waals surface area contributed by atoms with E-state index < -0.39 is 0 Å². The van der Waals surface area contributed by atoms with Gasteiger partial charge in [-0.25, -0.2) is 0 Å². The van der Waals surface area contributed by atoms with E-state index in [1.54, 1.807) is 6.08 Å². The van der Waals surface area contributed by atoms with Crippen molar-refractivity contribution in [1.82, 2.24) is 4.90 Å². The van der Waals surface area contributed by atoms with Crippen LogP contribution in [0.15, 0.2) is 12.2 Å². The molecule has 0 fully saturated rings. The highest BCUT2D eigenvalue weighted by Crippen LogP contribution is 2.05. The lowest BCUT2D eigenvalue weighted by Crippen LogP contribution is -2.28. The predicted molar refractivity (Wildman–Crippen MR) is 70.4 cm³/mol. The zero-order valence-corrected chi connectivity index (χ0v) is 11.2. The van der Waals surface area contributed by atoms with E-state index in [1.165, 1.54) is 32.1 Å². The molecular weight excluding hydrogens is 198 g/mol. The maximum Gasteiger partial charge on any atom is 0.246 e. The average molecular weight is 225 g/mol. The number of nitrogens with zero attached hydrogens (tertiary/aromatic N) is 1. The highest BCUT2D eigenvalue weighted by Gasteiger charge is 2.03. The Bertz CT molecular complexity index is 195. The first-order valence-electron chi connectivity index (χ1n) is 6.71. The van der Waals surface area contributed by atoms with Gasteiger partial charge in [-0.05, 0) is 32.8 Å². The molecule has 0 atom stereocenters. The van der Waals surface area contributed by atoms with E-state index in [-0.39, 0.29) is 5.91 Å². The van der Waals surface area contributed by atoms with Crippen molar-refractivity contribution >= 4 is 5.91 Å². The Hall–Kier alpha value is -0.790. The van der Waals surface area contributed by atoms with Gasteiger partial charge >= 0.3 is 0 Å². The molecule has 0 rings (SSSR count). The number of amides is 1. The zero-order chi connectivity index (χ0) is 12.2. The molecule has 0 aliphatic carbocycles. The Morgan fingerprint density at radius 2 is 1.62 bits per heavy atom. The lowest BCUT2D eigenvalue weighted by atomic mass is 10.1. The summed E-state index contributed by atoms with van der Waals surface area (Å²) in [6.45, 7) is 7.86. The Labute approximate surface area is 101 Å². The number of hydrogen-bond acceptors (Lipinski definition) is 1. The molecule has 94 valence electrons. The van der Waals surface area contributed by atoms with Crippen molar-refractivity contribution in [3.05, 3.63) is 12.2 Å². The van der Waals surface area contributed by atoms with Gasteiger partial charge < -0.3 is 4.90 Å². The van der Waals surface area contributed by atoms with Crippen LogP contribution in [0.4, 0.5) is 0 Å². The summed E-state index contributed by atoms with van der Waals surface area (Å²) in [6.07, 6.45) is 11.2. The molecule has 0 radical (unpaired) electrons. The van der Waals surface area contributed by atoms with E-state index in [0.29, 0.717) is 0 Å². The van der Waals surface area contributed by atoms with E-state index in [4.69, 9.17) is 0 Å². The molecule has 0 aromatic carbocycles. The van der Waals surface area contributed by atoms with Gasteiger partial charge in [-0.1, -0.05) is 38.7 Å². The van der Waals surface area contributed by atoms with Crippen LogP contribution in [0, 0.1) is 0 Å². The van der Waals surface area contributed by atoms with Crippen molar-refractivity contribution in [2.45, 2.75) is 59.3 Å². The summed E-state index contributed by atoms with van der Waals surface area (Å²) >= 11 is 0. The molecule has 0 aromatic heterocycles. The van der Waals surface area contributed by atoms with Crippen LogP contribution in [0.2, 0.25) is 0 Å². The van der Waals surface area contributed by atoms with Crippen molar-refractivity contribution < 1.29 is 4.79 Å². The number of carbonyl (C=O) groups is 1. The third kappa shape index (κ3) is 7.49. The summed E-state index contributed by atoms with van der Waals surface area (Å²) in [6, 6.07) is 0. The van der Waals surface area contributed by atoms with Crippen LogP contribution in [-0.4, -0.2) is 23.9 Å². The molecule has 0 saturated heterocycles. The topological polar surface area (TPSA) is 20.3 Å². The second-order valence-electron chi connectivity index (χ2n) is 4.12. The van der Waals surface area contributed by atoms with Crippen molar-refractivity contribution in [2.75, 3.05) is 13.1 Å². The smallest absolute Gasteiger partial charge is 0.246 e. The Balaban J connectivity index is 3.55. The third-order valence-electron chi connectivity index (χ3n) is 2.81. The molecular formula is C14H27NO. The molecule has 0 heterocycles. The lowest BCUT2D eigenvalue weighted by Gasteiger charge is -2.15.